The van der Waals surface area contributed by atoms with Crippen LogP contribution in [0.25, 0.3) is 0 Å². The summed E-state index contributed by atoms with van der Waals surface area (Å²) in [4.78, 5) is 0. The maximum Gasteiger partial charge on any atom is 0.118 e. The summed E-state index contributed by atoms with van der Waals surface area (Å²) in [5.74, 6) is 0.860. The number of benzene rings is 1. The lowest BCUT2D eigenvalue weighted by molar-refractivity contribution is 0.298. The Balaban J connectivity index is 2.03. The summed E-state index contributed by atoms with van der Waals surface area (Å²) in [5.41, 5.74) is 3.15. The smallest absolute Gasteiger partial charge is 0.118 e. The predicted octanol–water partition coefficient (Wildman–Crippen LogP) is 1.54. The monoisotopic (exact) mass is 232 g/mol. The van der Waals surface area contributed by atoms with Crippen LogP contribution in [0.2, 0.25) is 0 Å². The minimum atomic E-state index is 0.132. The van der Waals surface area contributed by atoms with Gasteiger partial charge < -0.3 is 9.84 Å². The zero-order chi connectivity index (χ0) is 12.1. The molecule has 0 aliphatic carbocycles. The minimum absolute atomic E-state index is 0.132. The second-order valence-corrected chi connectivity index (χ2v) is 3.88. The summed E-state index contributed by atoms with van der Waals surface area (Å²) in [5, 5.41) is 15.9. The quantitative estimate of drug-likeness (QED) is 0.822. The molecule has 1 aromatic heterocycles. The molecule has 0 saturated carbocycles. The second-order valence-electron chi connectivity index (χ2n) is 3.88. The maximum atomic E-state index is 8.81. The molecule has 90 valence electrons. The third kappa shape index (κ3) is 3.07. The van der Waals surface area contributed by atoms with E-state index in [-0.39, 0.29) is 6.61 Å². The Kier molecular flexibility index (Phi) is 3.77. The molecular weight excluding hydrogens is 216 g/mol. The van der Waals surface area contributed by atoms with Crippen LogP contribution in [0.3, 0.4) is 0 Å². The number of aromatic amines is 1. The van der Waals surface area contributed by atoms with E-state index in [1.807, 2.05) is 30.3 Å². The van der Waals surface area contributed by atoms with Crippen LogP contribution in [0, 0.1) is 0 Å². The first-order chi connectivity index (χ1) is 8.31. The van der Waals surface area contributed by atoms with Crippen molar-refractivity contribution in [2.75, 3.05) is 13.7 Å². The lowest BCUT2D eigenvalue weighted by Crippen LogP contribution is -1.89. The van der Waals surface area contributed by atoms with Gasteiger partial charge in [-0.05, 0) is 23.8 Å². The van der Waals surface area contributed by atoms with E-state index in [0.29, 0.717) is 6.42 Å². The van der Waals surface area contributed by atoms with E-state index in [1.54, 1.807) is 7.11 Å². The number of hydrogen-bond acceptors (Lipinski definition) is 3. The molecule has 2 rings (SSSR count). The lowest BCUT2D eigenvalue weighted by atomic mass is 10.1. The van der Waals surface area contributed by atoms with Crippen molar-refractivity contribution < 1.29 is 9.84 Å². The molecule has 1 heterocycles. The number of rotatable bonds is 5. The summed E-state index contributed by atoms with van der Waals surface area (Å²) in [6.07, 6.45) is 1.40. The first-order valence-corrected chi connectivity index (χ1v) is 5.59. The molecule has 17 heavy (non-hydrogen) atoms. The maximum absolute atomic E-state index is 8.81. The standard InChI is InChI=1S/C13H16N2O2/c1-17-13-4-2-10(3-5-13)8-12-9-11(6-7-16)14-15-12/h2-5,9,16H,6-8H2,1H3,(H,14,15). The van der Waals surface area contributed by atoms with Gasteiger partial charge in [0.1, 0.15) is 5.75 Å². The highest BCUT2D eigenvalue weighted by molar-refractivity contribution is 5.29. The molecule has 0 atom stereocenters. The first kappa shape index (κ1) is 11.7. The first-order valence-electron chi connectivity index (χ1n) is 5.59. The summed E-state index contributed by atoms with van der Waals surface area (Å²) in [6, 6.07) is 9.94. The van der Waals surface area contributed by atoms with Crippen molar-refractivity contribution in [3.8, 4) is 5.75 Å². The number of methoxy groups -OCH3 is 1. The Labute approximate surface area is 100 Å². The van der Waals surface area contributed by atoms with Crippen molar-refractivity contribution in [3.63, 3.8) is 0 Å². The van der Waals surface area contributed by atoms with Crippen LogP contribution in [-0.2, 0) is 12.8 Å². The Hall–Kier alpha value is -1.81. The van der Waals surface area contributed by atoms with Gasteiger partial charge in [0.15, 0.2) is 0 Å². The fourth-order valence-electron chi connectivity index (χ4n) is 1.71. The van der Waals surface area contributed by atoms with E-state index in [4.69, 9.17) is 9.84 Å². The molecular formula is C13H16N2O2. The fraction of sp³-hybridized carbons (Fsp3) is 0.308. The van der Waals surface area contributed by atoms with Gasteiger partial charge in [0.2, 0.25) is 0 Å². The molecule has 0 aliphatic heterocycles. The number of aliphatic hydroxyl groups excluding tert-OH is 1. The van der Waals surface area contributed by atoms with Gasteiger partial charge in [0.05, 0.1) is 12.8 Å². The summed E-state index contributed by atoms with van der Waals surface area (Å²) < 4.78 is 5.11. The highest BCUT2D eigenvalue weighted by Gasteiger charge is 2.02. The molecule has 0 saturated heterocycles. The normalized spacial score (nSPS) is 10.5. The van der Waals surface area contributed by atoms with Gasteiger partial charge >= 0.3 is 0 Å². The zero-order valence-electron chi connectivity index (χ0n) is 9.81. The third-order valence-corrected chi connectivity index (χ3v) is 2.61. The molecule has 2 N–H and O–H groups in total. The van der Waals surface area contributed by atoms with Crippen molar-refractivity contribution in [3.05, 3.63) is 47.3 Å². The minimum Gasteiger partial charge on any atom is -0.497 e. The molecule has 1 aromatic carbocycles. The Morgan fingerprint density at radius 3 is 2.71 bits per heavy atom. The van der Waals surface area contributed by atoms with E-state index in [2.05, 4.69) is 10.2 Å². The van der Waals surface area contributed by atoms with Crippen LogP contribution in [0.15, 0.2) is 30.3 Å². The summed E-state index contributed by atoms with van der Waals surface area (Å²) >= 11 is 0. The lowest BCUT2D eigenvalue weighted by Gasteiger charge is -2.01. The van der Waals surface area contributed by atoms with Crippen molar-refractivity contribution >= 4 is 0 Å². The molecule has 0 amide bonds. The van der Waals surface area contributed by atoms with Gasteiger partial charge in [-0.3, -0.25) is 5.10 Å². The Morgan fingerprint density at radius 1 is 1.29 bits per heavy atom. The van der Waals surface area contributed by atoms with E-state index in [1.165, 1.54) is 5.56 Å². The molecule has 0 radical (unpaired) electrons. The molecule has 2 aromatic rings. The van der Waals surface area contributed by atoms with E-state index >= 15 is 0 Å². The van der Waals surface area contributed by atoms with Crippen molar-refractivity contribution in [2.24, 2.45) is 0 Å². The van der Waals surface area contributed by atoms with Crippen molar-refractivity contribution in [2.45, 2.75) is 12.8 Å². The largest absolute Gasteiger partial charge is 0.497 e. The average Bonchev–Trinajstić information content (AvgIpc) is 2.78. The van der Waals surface area contributed by atoms with E-state index in [9.17, 15) is 0 Å². The second kappa shape index (κ2) is 5.50. The Bertz CT molecular complexity index is 463. The molecule has 0 spiro atoms. The molecule has 4 heteroatoms. The van der Waals surface area contributed by atoms with Gasteiger partial charge in [-0.1, -0.05) is 12.1 Å². The zero-order valence-corrected chi connectivity index (χ0v) is 9.81. The van der Waals surface area contributed by atoms with Crippen LogP contribution in [0.5, 0.6) is 5.75 Å². The van der Waals surface area contributed by atoms with Crippen LogP contribution in [0.4, 0.5) is 0 Å². The number of ether oxygens (including phenoxy) is 1. The topological polar surface area (TPSA) is 58.1 Å². The van der Waals surface area contributed by atoms with Crippen LogP contribution >= 0.6 is 0 Å². The summed E-state index contributed by atoms with van der Waals surface area (Å²) in [6.45, 7) is 0.132. The number of hydrogen-bond donors (Lipinski definition) is 2. The van der Waals surface area contributed by atoms with Gasteiger partial charge in [-0.2, -0.15) is 5.10 Å². The van der Waals surface area contributed by atoms with Crippen molar-refractivity contribution in [1.82, 2.24) is 10.2 Å². The number of aliphatic hydroxyl groups is 1. The van der Waals surface area contributed by atoms with Crippen LogP contribution in [-0.4, -0.2) is 29.0 Å². The van der Waals surface area contributed by atoms with Crippen LogP contribution in [0.1, 0.15) is 17.0 Å². The third-order valence-electron chi connectivity index (χ3n) is 2.61. The highest BCUT2D eigenvalue weighted by Crippen LogP contribution is 2.14. The van der Waals surface area contributed by atoms with E-state index < -0.39 is 0 Å². The number of nitrogens with one attached hydrogen (secondary N) is 1. The van der Waals surface area contributed by atoms with Gasteiger partial charge in [0.25, 0.3) is 0 Å². The van der Waals surface area contributed by atoms with E-state index in [0.717, 1.165) is 23.6 Å². The number of nitrogens with zero attached hydrogens (tertiary/aromatic N) is 1. The van der Waals surface area contributed by atoms with Gasteiger partial charge in [0, 0.05) is 25.1 Å². The van der Waals surface area contributed by atoms with Gasteiger partial charge in [-0.25, -0.2) is 0 Å². The van der Waals surface area contributed by atoms with Crippen molar-refractivity contribution in [1.29, 1.82) is 0 Å². The molecule has 0 fully saturated rings. The molecule has 0 bridgehead atoms. The molecule has 4 nitrogen and oxygen atoms in total. The number of aromatic nitrogens is 2. The molecule has 0 unspecified atom stereocenters. The number of H-pyrrole nitrogens is 1. The van der Waals surface area contributed by atoms with Gasteiger partial charge in [-0.15, -0.1) is 0 Å². The Morgan fingerprint density at radius 2 is 2.06 bits per heavy atom. The average molecular weight is 232 g/mol. The SMILES string of the molecule is COc1ccc(Cc2cc(CCO)n[nH]2)cc1. The summed E-state index contributed by atoms with van der Waals surface area (Å²) in [7, 11) is 1.66. The molecule has 0 aliphatic rings. The fourth-order valence-corrected chi connectivity index (χ4v) is 1.71. The predicted molar refractivity (Wildman–Crippen MR) is 65.2 cm³/mol. The van der Waals surface area contributed by atoms with Crippen LogP contribution < -0.4 is 4.74 Å². The highest BCUT2D eigenvalue weighted by atomic mass is 16.5.